The van der Waals surface area contributed by atoms with Crippen LogP contribution in [0.1, 0.15) is 77.1 Å². The third-order valence-electron chi connectivity index (χ3n) is 10.3. The normalized spacial score (nSPS) is 18.5. The summed E-state index contributed by atoms with van der Waals surface area (Å²) in [4.78, 5) is 73.6. The van der Waals surface area contributed by atoms with Crippen molar-refractivity contribution in [1.29, 1.82) is 0 Å². The lowest BCUT2D eigenvalue weighted by Crippen LogP contribution is -2.51. The van der Waals surface area contributed by atoms with Crippen LogP contribution >= 0.6 is 22.7 Å². The van der Waals surface area contributed by atoms with Crippen molar-refractivity contribution in [2.24, 2.45) is 11.8 Å². The van der Waals surface area contributed by atoms with Crippen LogP contribution in [0.5, 0.6) is 0 Å². The molecule has 4 N–H and O–H groups in total. The van der Waals surface area contributed by atoms with Crippen LogP contribution in [0.3, 0.4) is 0 Å². The molecule has 6 heterocycles. The number of alkyl carbamates (subject to hydrolysis) is 2. The standard InChI is InChI=1S/C38H46N8O6S2/c1-19(2)31(43-37(49)51-5)35(47)45-13-7-9-25(45)33-39-18-24(42-33)28-17-30-29(54-28)16-27(53-30)21-11-12-22-23(15-21)41-34(40-22)26-10-8-14-46(26)36(48)32(20(3)4)44-38(50)52-6/h11-12,15-20,25-26,31-32H,7-10,13-14H2,1-6H3,(H,39,42)(H,40,41)(H,43,49)(H,44,50)/t25-,26?,31-,32-/m1/s1. The van der Waals surface area contributed by atoms with E-state index >= 15 is 0 Å². The van der Waals surface area contributed by atoms with Gasteiger partial charge in [-0.1, -0.05) is 33.8 Å². The van der Waals surface area contributed by atoms with Gasteiger partial charge >= 0.3 is 12.2 Å². The molecule has 2 saturated heterocycles. The fraction of sp³-hybridized carbons (Fsp3) is 0.474. The largest absolute Gasteiger partial charge is 0.453 e. The Bertz CT molecular complexity index is 2150. The number of aromatic amines is 2. The molecule has 0 saturated carbocycles. The third-order valence-corrected chi connectivity index (χ3v) is 12.7. The van der Waals surface area contributed by atoms with E-state index < -0.39 is 24.3 Å². The molecular weight excluding hydrogens is 729 g/mol. The first-order chi connectivity index (χ1) is 25.9. The van der Waals surface area contributed by atoms with E-state index in [0.29, 0.717) is 13.1 Å². The van der Waals surface area contributed by atoms with Crippen molar-refractivity contribution in [3.05, 3.63) is 48.2 Å². The number of hydrogen-bond donors (Lipinski definition) is 4. The van der Waals surface area contributed by atoms with Crippen LogP contribution in [-0.2, 0) is 19.1 Å². The molecule has 4 aromatic heterocycles. The summed E-state index contributed by atoms with van der Waals surface area (Å²) < 4.78 is 11.9. The van der Waals surface area contributed by atoms with Gasteiger partial charge in [0.2, 0.25) is 11.8 Å². The van der Waals surface area contributed by atoms with Crippen molar-refractivity contribution in [1.82, 2.24) is 40.4 Å². The number of nitrogens with zero attached hydrogens (tertiary/aromatic N) is 4. The molecule has 14 nitrogen and oxygen atoms in total. The molecule has 1 aromatic carbocycles. The maximum absolute atomic E-state index is 13.6. The van der Waals surface area contributed by atoms with Crippen molar-refractivity contribution >= 4 is 67.1 Å². The Morgan fingerprint density at radius 1 is 0.778 bits per heavy atom. The van der Waals surface area contributed by atoms with E-state index in [2.05, 4.69) is 44.9 Å². The summed E-state index contributed by atoms with van der Waals surface area (Å²) >= 11 is 3.40. The van der Waals surface area contributed by atoms with Crippen LogP contribution in [-0.4, -0.2) is 93.1 Å². The number of thiophene rings is 2. The molecule has 0 bridgehead atoms. The molecule has 4 atom stereocenters. The number of fused-ring (bicyclic) bond motifs is 2. The highest BCUT2D eigenvalue weighted by atomic mass is 32.1. The number of hydrogen-bond acceptors (Lipinski definition) is 10. The summed E-state index contributed by atoms with van der Waals surface area (Å²) in [5.41, 5.74) is 3.70. The van der Waals surface area contributed by atoms with Crippen LogP contribution in [0.4, 0.5) is 9.59 Å². The van der Waals surface area contributed by atoms with Gasteiger partial charge in [-0.3, -0.25) is 9.59 Å². The van der Waals surface area contributed by atoms with Crippen LogP contribution in [0, 0.1) is 11.8 Å². The molecule has 286 valence electrons. The average Bonchev–Trinajstić information content (AvgIpc) is 3.99. The smallest absolute Gasteiger partial charge is 0.407 e. The summed E-state index contributed by atoms with van der Waals surface area (Å²) in [5, 5.41) is 5.41. The lowest BCUT2D eigenvalue weighted by molar-refractivity contribution is -0.136. The number of likely N-dealkylation sites (tertiary alicyclic amines) is 2. The highest BCUT2D eigenvalue weighted by molar-refractivity contribution is 7.31. The predicted molar refractivity (Wildman–Crippen MR) is 208 cm³/mol. The van der Waals surface area contributed by atoms with Gasteiger partial charge in [0.1, 0.15) is 23.7 Å². The number of rotatable bonds is 10. The highest BCUT2D eigenvalue weighted by Gasteiger charge is 2.39. The second-order valence-electron chi connectivity index (χ2n) is 14.6. The zero-order chi connectivity index (χ0) is 38.3. The fourth-order valence-electron chi connectivity index (χ4n) is 7.46. The maximum atomic E-state index is 13.6. The van der Waals surface area contributed by atoms with Gasteiger partial charge in [0.25, 0.3) is 0 Å². The average molecular weight is 775 g/mol. The van der Waals surface area contributed by atoms with E-state index in [1.54, 1.807) is 22.7 Å². The monoisotopic (exact) mass is 774 g/mol. The fourth-order valence-corrected chi connectivity index (χ4v) is 9.82. The summed E-state index contributed by atoms with van der Waals surface area (Å²) in [6.07, 6.45) is 3.87. The number of carbonyl (C=O) groups is 4. The molecule has 7 rings (SSSR count). The first-order valence-electron chi connectivity index (χ1n) is 18.3. The van der Waals surface area contributed by atoms with Crippen molar-refractivity contribution in [3.8, 4) is 21.0 Å². The summed E-state index contributed by atoms with van der Waals surface area (Å²) in [6.45, 7) is 8.81. The van der Waals surface area contributed by atoms with E-state index in [9.17, 15) is 19.2 Å². The minimum Gasteiger partial charge on any atom is -0.453 e. The zero-order valence-corrected chi connectivity index (χ0v) is 32.9. The predicted octanol–water partition coefficient (Wildman–Crippen LogP) is 6.98. The van der Waals surface area contributed by atoms with E-state index in [1.165, 1.54) is 14.2 Å². The minimum absolute atomic E-state index is 0.102. The molecule has 16 heteroatoms. The van der Waals surface area contributed by atoms with Crippen LogP contribution in [0.25, 0.3) is 41.4 Å². The summed E-state index contributed by atoms with van der Waals surface area (Å²) in [5.74, 6) is 1.00. The Labute approximate surface area is 321 Å². The van der Waals surface area contributed by atoms with Crippen LogP contribution in [0.2, 0.25) is 0 Å². The summed E-state index contributed by atoms with van der Waals surface area (Å²) in [6, 6.07) is 8.81. The quantitative estimate of drug-likeness (QED) is 0.118. The molecule has 1 unspecified atom stereocenters. The number of carbonyl (C=O) groups excluding carboxylic acids is 4. The van der Waals surface area contributed by atoms with Gasteiger partial charge in [-0.25, -0.2) is 19.6 Å². The maximum Gasteiger partial charge on any atom is 0.407 e. The lowest BCUT2D eigenvalue weighted by atomic mass is 10.0. The van der Waals surface area contributed by atoms with Gasteiger partial charge in [-0.15, -0.1) is 22.7 Å². The topological polar surface area (TPSA) is 175 Å². The molecule has 2 aliphatic heterocycles. The van der Waals surface area contributed by atoms with E-state index in [0.717, 1.165) is 78.8 Å². The number of aromatic nitrogens is 4. The first-order valence-corrected chi connectivity index (χ1v) is 20.0. The number of imidazole rings is 2. The van der Waals surface area contributed by atoms with Gasteiger partial charge < -0.3 is 39.9 Å². The molecule has 0 aliphatic carbocycles. The Morgan fingerprint density at radius 2 is 1.33 bits per heavy atom. The number of amides is 4. The Kier molecular flexibility index (Phi) is 10.7. The number of H-pyrrole nitrogens is 2. The van der Waals surface area contributed by atoms with Crippen molar-refractivity contribution in [2.75, 3.05) is 27.3 Å². The zero-order valence-electron chi connectivity index (χ0n) is 31.2. The minimum atomic E-state index is -0.688. The van der Waals surface area contributed by atoms with Crippen LogP contribution < -0.4 is 10.6 Å². The van der Waals surface area contributed by atoms with Crippen LogP contribution in [0.15, 0.2) is 36.5 Å². The number of benzene rings is 1. The Hall–Kier alpha value is -4.96. The van der Waals surface area contributed by atoms with Gasteiger partial charge in [0, 0.05) is 27.4 Å². The molecule has 5 aromatic rings. The van der Waals surface area contributed by atoms with Crippen molar-refractivity contribution < 1.29 is 28.7 Å². The second kappa shape index (κ2) is 15.4. The molecule has 0 radical (unpaired) electrons. The Balaban J connectivity index is 1.06. The molecule has 0 spiro atoms. The summed E-state index contributed by atoms with van der Waals surface area (Å²) in [7, 11) is 2.58. The van der Waals surface area contributed by atoms with E-state index in [1.807, 2.05) is 49.8 Å². The number of ether oxygens (including phenoxy) is 2. The molecule has 54 heavy (non-hydrogen) atoms. The van der Waals surface area contributed by atoms with Gasteiger partial charge in [0.15, 0.2) is 0 Å². The van der Waals surface area contributed by atoms with E-state index in [4.69, 9.17) is 19.4 Å². The highest BCUT2D eigenvalue weighted by Crippen LogP contribution is 2.43. The van der Waals surface area contributed by atoms with Crippen molar-refractivity contribution in [3.63, 3.8) is 0 Å². The second-order valence-corrected chi connectivity index (χ2v) is 16.7. The SMILES string of the molecule is COC(=O)N[C@@H](C(=O)N1CCCC1c1nc2cc(-c3cc4sc(-c5cnc([C@H]6CCCN6C(=O)[C@H](NC(=O)OC)C(C)C)[nH]5)cc4s3)ccc2[nH]1)C(C)C. The molecular formula is C38H46N8O6S2. The number of methoxy groups -OCH3 is 2. The molecule has 2 fully saturated rings. The van der Waals surface area contributed by atoms with Gasteiger partial charge in [-0.2, -0.15) is 0 Å². The first kappa shape index (κ1) is 37.4. The van der Waals surface area contributed by atoms with E-state index in [-0.39, 0.29) is 35.7 Å². The molecule has 4 amide bonds. The van der Waals surface area contributed by atoms with Gasteiger partial charge in [0.05, 0.1) is 54.1 Å². The Morgan fingerprint density at radius 3 is 1.91 bits per heavy atom. The third kappa shape index (κ3) is 7.28. The lowest BCUT2D eigenvalue weighted by Gasteiger charge is -2.30. The number of nitrogens with one attached hydrogen (secondary N) is 4. The molecule has 2 aliphatic rings. The van der Waals surface area contributed by atoms with Gasteiger partial charge in [-0.05, 0) is 67.3 Å². The van der Waals surface area contributed by atoms with Crippen molar-refractivity contribution in [2.45, 2.75) is 77.5 Å².